The zero-order valence-electron chi connectivity index (χ0n) is 15.1. The molecule has 0 fully saturated rings. The largest absolute Gasteiger partial charge is 0.497 e. The molecule has 0 unspecified atom stereocenters. The molecule has 0 aliphatic heterocycles. The number of nitrogens with one attached hydrogen (secondary N) is 1. The predicted molar refractivity (Wildman–Crippen MR) is 96.2 cm³/mol. The van der Waals surface area contributed by atoms with Crippen LogP contribution in [0.25, 0.3) is 0 Å². The molecule has 0 radical (unpaired) electrons. The fourth-order valence-corrected chi connectivity index (χ4v) is 2.36. The minimum absolute atomic E-state index is 0.206. The molecule has 0 aliphatic rings. The molecule has 0 saturated carbocycles. The molecule has 25 heavy (non-hydrogen) atoms. The Labute approximate surface area is 148 Å². The molecular formula is C19H26N2O4. The van der Waals surface area contributed by atoms with Gasteiger partial charge in [-0.2, -0.15) is 0 Å². The number of benzene rings is 1. The van der Waals surface area contributed by atoms with E-state index >= 15 is 0 Å². The highest BCUT2D eigenvalue weighted by Gasteiger charge is 2.11. The molecule has 0 atom stereocenters. The van der Waals surface area contributed by atoms with Gasteiger partial charge in [0, 0.05) is 13.1 Å². The lowest BCUT2D eigenvalue weighted by Crippen LogP contribution is -2.34. The molecular weight excluding hydrogens is 320 g/mol. The highest BCUT2D eigenvalue weighted by Crippen LogP contribution is 2.18. The van der Waals surface area contributed by atoms with Crippen molar-refractivity contribution >= 4 is 5.91 Å². The van der Waals surface area contributed by atoms with E-state index in [4.69, 9.17) is 13.9 Å². The Balaban J connectivity index is 1.79. The third-order valence-electron chi connectivity index (χ3n) is 3.93. The Kier molecular flexibility index (Phi) is 7.35. The summed E-state index contributed by atoms with van der Waals surface area (Å²) in [5.41, 5.74) is 0. The van der Waals surface area contributed by atoms with E-state index in [1.165, 1.54) is 0 Å². The predicted octanol–water partition coefficient (Wildman–Crippen LogP) is 2.94. The van der Waals surface area contributed by atoms with Crippen LogP contribution in [0.2, 0.25) is 0 Å². The molecule has 0 bridgehead atoms. The standard InChI is InChI=1S/C19H26N2O4/c1-4-21(5-2)13-12-20-19(22)18-11-10-17(25-18)14-24-16-8-6-15(23-3)7-9-16/h6-11H,4-5,12-14H2,1-3H3,(H,20,22). The van der Waals surface area contributed by atoms with Gasteiger partial charge >= 0.3 is 0 Å². The van der Waals surface area contributed by atoms with Crippen molar-refractivity contribution in [3.05, 3.63) is 47.9 Å². The van der Waals surface area contributed by atoms with E-state index in [9.17, 15) is 4.79 Å². The fraction of sp³-hybridized carbons (Fsp3) is 0.421. The normalized spacial score (nSPS) is 10.7. The monoisotopic (exact) mass is 346 g/mol. The maximum atomic E-state index is 12.1. The molecule has 2 aromatic rings. The number of hydrogen-bond donors (Lipinski definition) is 1. The number of methoxy groups -OCH3 is 1. The molecule has 6 nitrogen and oxygen atoms in total. The first kappa shape index (κ1) is 18.9. The number of hydrogen-bond acceptors (Lipinski definition) is 5. The van der Waals surface area contributed by atoms with E-state index in [0.29, 0.717) is 23.8 Å². The first-order valence-electron chi connectivity index (χ1n) is 8.52. The Bertz CT molecular complexity index is 648. The SMILES string of the molecule is CCN(CC)CCNC(=O)c1ccc(COc2ccc(OC)cc2)o1. The maximum absolute atomic E-state index is 12.1. The number of ether oxygens (including phenoxy) is 2. The van der Waals surface area contributed by atoms with Gasteiger partial charge in [-0.25, -0.2) is 0 Å². The number of carbonyl (C=O) groups is 1. The molecule has 0 saturated heterocycles. The van der Waals surface area contributed by atoms with Gasteiger partial charge in [0.25, 0.3) is 5.91 Å². The van der Waals surface area contributed by atoms with Crippen LogP contribution in [-0.2, 0) is 6.61 Å². The molecule has 6 heteroatoms. The summed E-state index contributed by atoms with van der Waals surface area (Å²) >= 11 is 0. The molecule has 136 valence electrons. The lowest BCUT2D eigenvalue weighted by atomic mass is 10.3. The molecule has 1 heterocycles. The van der Waals surface area contributed by atoms with Crippen molar-refractivity contribution in [1.82, 2.24) is 10.2 Å². The van der Waals surface area contributed by atoms with Gasteiger partial charge in [0.2, 0.25) is 0 Å². The van der Waals surface area contributed by atoms with E-state index in [1.54, 1.807) is 19.2 Å². The summed E-state index contributed by atoms with van der Waals surface area (Å²) in [6.07, 6.45) is 0. The van der Waals surface area contributed by atoms with Crippen LogP contribution in [-0.4, -0.2) is 44.1 Å². The Morgan fingerprint density at radius 3 is 2.40 bits per heavy atom. The van der Waals surface area contributed by atoms with Crippen LogP contribution in [0.1, 0.15) is 30.2 Å². The van der Waals surface area contributed by atoms with Crippen LogP contribution in [0.3, 0.4) is 0 Å². The van der Waals surface area contributed by atoms with Gasteiger partial charge < -0.3 is 24.1 Å². The summed E-state index contributed by atoms with van der Waals surface area (Å²) < 4.78 is 16.3. The van der Waals surface area contributed by atoms with Crippen LogP contribution in [0.4, 0.5) is 0 Å². The van der Waals surface area contributed by atoms with Gasteiger partial charge in [0.1, 0.15) is 23.9 Å². The number of likely N-dealkylation sites (N-methyl/N-ethyl adjacent to an activating group) is 1. The van der Waals surface area contributed by atoms with Crippen molar-refractivity contribution in [3.63, 3.8) is 0 Å². The van der Waals surface area contributed by atoms with Gasteiger partial charge in [0.05, 0.1) is 7.11 Å². The second-order valence-electron chi connectivity index (χ2n) is 5.51. The van der Waals surface area contributed by atoms with E-state index in [0.717, 1.165) is 25.4 Å². The number of nitrogens with zero attached hydrogens (tertiary/aromatic N) is 1. The summed E-state index contributed by atoms with van der Waals surface area (Å²) in [5, 5.41) is 2.87. The topological polar surface area (TPSA) is 63.9 Å². The van der Waals surface area contributed by atoms with Crippen LogP contribution in [0, 0.1) is 0 Å². The smallest absolute Gasteiger partial charge is 0.287 e. The third kappa shape index (κ3) is 5.83. The first-order chi connectivity index (χ1) is 12.2. The Morgan fingerprint density at radius 1 is 1.08 bits per heavy atom. The van der Waals surface area contributed by atoms with Gasteiger partial charge in [-0.3, -0.25) is 4.79 Å². The maximum Gasteiger partial charge on any atom is 0.287 e. The zero-order chi connectivity index (χ0) is 18.1. The van der Waals surface area contributed by atoms with Crippen LogP contribution >= 0.6 is 0 Å². The third-order valence-corrected chi connectivity index (χ3v) is 3.93. The number of rotatable bonds is 10. The second-order valence-corrected chi connectivity index (χ2v) is 5.51. The number of amides is 1. The molecule has 1 aromatic heterocycles. The van der Waals surface area contributed by atoms with Crippen molar-refractivity contribution in [1.29, 1.82) is 0 Å². The van der Waals surface area contributed by atoms with E-state index < -0.39 is 0 Å². The van der Waals surface area contributed by atoms with E-state index in [2.05, 4.69) is 24.1 Å². The molecule has 1 N–H and O–H groups in total. The second kappa shape index (κ2) is 9.74. The molecule has 0 aliphatic carbocycles. The molecule has 0 spiro atoms. The average Bonchev–Trinajstić information content (AvgIpc) is 3.13. The summed E-state index contributed by atoms with van der Waals surface area (Å²) in [5.74, 6) is 2.18. The van der Waals surface area contributed by atoms with Crippen LogP contribution in [0.15, 0.2) is 40.8 Å². The van der Waals surface area contributed by atoms with Crippen molar-refractivity contribution in [2.24, 2.45) is 0 Å². The number of carbonyl (C=O) groups excluding carboxylic acids is 1. The van der Waals surface area contributed by atoms with Gasteiger partial charge in [-0.05, 0) is 49.5 Å². The quantitative estimate of drug-likeness (QED) is 0.717. The van der Waals surface area contributed by atoms with Gasteiger partial charge in [-0.1, -0.05) is 13.8 Å². The van der Waals surface area contributed by atoms with Gasteiger partial charge in [0.15, 0.2) is 5.76 Å². The Hall–Kier alpha value is -2.47. The van der Waals surface area contributed by atoms with Crippen molar-refractivity contribution in [3.8, 4) is 11.5 Å². The zero-order valence-corrected chi connectivity index (χ0v) is 15.1. The van der Waals surface area contributed by atoms with E-state index in [-0.39, 0.29) is 12.5 Å². The number of furan rings is 1. The minimum Gasteiger partial charge on any atom is -0.497 e. The van der Waals surface area contributed by atoms with Crippen molar-refractivity contribution < 1.29 is 18.7 Å². The Morgan fingerprint density at radius 2 is 1.76 bits per heavy atom. The first-order valence-corrected chi connectivity index (χ1v) is 8.52. The molecule has 2 rings (SSSR count). The summed E-state index contributed by atoms with van der Waals surface area (Å²) in [4.78, 5) is 14.3. The van der Waals surface area contributed by atoms with E-state index in [1.807, 2.05) is 24.3 Å². The fourth-order valence-electron chi connectivity index (χ4n) is 2.36. The summed E-state index contributed by atoms with van der Waals surface area (Å²) in [6, 6.07) is 10.7. The van der Waals surface area contributed by atoms with Crippen LogP contribution in [0.5, 0.6) is 11.5 Å². The average molecular weight is 346 g/mol. The summed E-state index contributed by atoms with van der Waals surface area (Å²) in [6.45, 7) is 7.84. The lowest BCUT2D eigenvalue weighted by Gasteiger charge is -2.17. The van der Waals surface area contributed by atoms with Gasteiger partial charge in [-0.15, -0.1) is 0 Å². The molecule has 1 amide bonds. The van der Waals surface area contributed by atoms with Crippen molar-refractivity contribution in [2.45, 2.75) is 20.5 Å². The highest BCUT2D eigenvalue weighted by atomic mass is 16.5. The highest BCUT2D eigenvalue weighted by molar-refractivity contribution is 5.91. The molecule has 1 aromatic carbocycles. The lowest BCUT2D eigenvalue weighted by molar-refractivity contribution is 0.0917. The van der Waals surface area contributed by atoms with Crippen molar-refractivity contribution in [2.75, 3.05) is 33.3 Å². The minimum atomic E-state index is -0.206. The van der Waals surface area contributed by atoms with Crippen LogP contribution < -0.4 is 14.8 Å². The summed E-state index contributed by atoms with van der Waals surface area (Å²) in [7, 11) is 1.62.